The first-order valence-electron chi connectivity index (χ1n) is 4.02. The summed E-state index contributed by atoms with van der Waals surface area (Å²) in [4.78, 5) is 0. The molecule has 0 aliphatic rings. The molecular weight excluding hydrogens is 159 g/mol. The first-order valence-corrected chi connectivity index (χ1v) is 4.02. The van der Waals surface area contributed by atoms with Crippen molar-refractivity contribution in [2.45, 2.75) is 6.82 Å². The Morgan fingerprint density at radius 2 is 1.25 bits per heavy atom. The third-order valence-corrected chi connectivity index (χ3v) is 1.28. The van der Waals surface area contributed by atoms with E-state index in [1.54, 1.807) is 14.2 Å². The summed E-state index contributed by atoms with van der Waals surface area (Å²) in [6.45, 7) is 4.16. The van der Waals surface area contributed by atoms with Gasteiger partial charge in [0.1, 0.15) is 0 Å². The number of rotatable bonds is 8. The van der Waals surface area contributed by atoms with E-state index in [0.29, 0.717) is 26.4 Å². The maximum Gasteiger partial charge on any atom is 0.453 e. The van der Waals surface area contributed by atoms with Crippen LogP contribution < -0.4 is 0 Å². The minimum atomic E-state index is -0.185. The average Bonchev–Trinajstić information content (AvgIpc) is 2.06. The van der Waals surface area contributed by atoms with E-state index in [4.69, 9.17) is 18.8 Å². The molecule has 0 fully saturated rings. The smallest absolute Gasteiger partial charge is 0.409 e. The maximum atomic E-state index is 5.23. The Hall–Kier alpha value is -0.0951. The lowest BCUT2D eigenvalue weighted by atomic mass is 9.95. The summed E-state index contributed by atoms with van der Waals surface area (Å²) in [6, 6.07) is 0. The van der Waals surface area contributed by atoms with E-state index in [9.17, 15) is 0 Å². The minimum Gasteiger partial charge on any atom is -0.409 e. The van der Waals surface area contributed by atoms with Crippen LogP contribution in [0, 0.1) is 0 Å². The molecular formula is C7H17BO4. The van der Waals surface area contributed by atoms with E-state index < -0.39 is 0 Å². The van der Waals surface area contributed by atoms with E-state index in [-0.39, 0.29) is 7.12 Å². The van der Waals surface area contributed by atoms with Gasteiger partial charge in [0, 0.05) is 14.2 Å². The molecule has 0 bridgehead atoms. The number of methoxy groups -OCH3 is 2. The summed E-state index contributed by atoms with van der Waals surface area (Å²) in [5.74, 6) is 0. The highest BCUT2D eigenvalue weighted by Crippen LogP contribution is 1.88. The van der Waals surface area contributed by atoms with Gasteiger partial charge in [-0.1, -0.05) is 0 Å². The van der Waals surface area contributed by atoms with Crippen LogP contribution in [0.3, 0.4) is 0 Å². The molecule has 0 aromatic carbocycles. The van der Waals surface area contributed by atoms with Gasteiger partial charge in [0.05, 0.1) is 26.4 Å². The highest BCUT2D eigenvalue weighted by Gasteiger charge is 2.08. The lowest BCUT2D eigenvalue weighted by molar-refractivity contribution is 0.102. The van der Waals surface area contributed by atoms with Crippen molar-refractivity contribution in [3.05, 3.63) is 0 Å². The molecule has 0 saturated heterocycles. The second-order valence-electron chi connectivity index (χ2n) is 2.29. The van der Waals surface area contributed by atoms with Crippen LogP contribution in [0.25, 0.3) is 0 Å². The minimum absolute atomic E-state index is 0.185. The number of ether oxygens (including phenoxy) is 2. The molecule has 0 N–H and O–H groups in total. The van der Waals surface area contributed by atoms with E-state index in [0.717, 1.165) is 0 Å². The van der Waals surface area contributed by atoms with E-state index in [1.807, 2.05) is 6.82 Å². The SMILES string of the molecule is COCCOB(C)OCCOC. The Morgan fingerprint density at radius 3 is 1.58 bits per heavy atom. The molecule has 0 aliphatic heterocycles. The van der Waals surface area contributed by atoms with Crippen LogP contribution in [0.1, 0.15) is 0 Å². The normalized spacial score (nSPS) is 10.2. The summed E-state index contributed by atoms with van der Waals surface area (Å²) in [6.07, 6.45) is 0. The quantitative estimate of drug-likeness (QED) is 0.397. The van der Waals surface area contributed by atoms with Gasteiger partial charge in [-0.25, -0.2) is 0 Å². The van der Waals surface area contributed by atoms with Gasteiger partial charge in [-0.15, -0.1) is 0 Å². The fraction of sp³-hybridized carbons (Fsp3) is 1.00. The Bertz CT molecular complexity index is 81.5. The Morgan fingerprint density at radius 1 is 0.833 bits per heavy atom. The van der Waals surface area contributed by atoms with Crippen molar-refractivity contribution in [2.75, 3.05) is 40.6 Å². The predicted octanol–water partition coefficient (Wildman–Crippen LogP) is 0.430. The van der Waals surface area contributed by atoms with Crippen LogP contribution in [-0.4, -0.2) is 47.8 Å². The molecule has 0 unspecified atom stereocenters. The molecule has 5 heteroatoms. The zero-order valence-corrected chi connectivity index (χ0v) is 8.04. The summed E-state index contributed by atoms with van der Waals surface area (Å²) >= 11 is 0. The van der Waals surface area contributed by atoms with Crippen molar-refractivity contribution in [1.82, 2.24) is 0 Å². The molecule has 0 aromatic rings. The van der Waals surface area contributed by atoms with Gasteiger partial charge in [-0.05, 0) is 6.82 Å². The van der Waals surface area contributed by atoms with Crippen LogP contribution >= 0.6 is 0 Å². The summed E-state index contributed by atoms with van der Waals surface area (Å²) in [7, 11) is 3.09. The molecule has 0 aliphatic carbocycles. The highest BCUT2D eigenvalue weighted by atomic mass is 16.6. The van der Waals surface area contributed by atoms with E-state index in [2.05, 4.69) is 0 Å². The van der Waals surface area contributed by atoms with E-state index >= 15 is 0 Å². The Kier molecular flexibility index (Phi) is 8.93. The standard InChI is InChI=1S/C7H17BO4/c1-8(11-6-4-9-2)12-7-5-10-3/h4-7H2,1-3H3. The molecule has 0 heterocycles. The maximum absolute atomic E-state index is 5.23. The van der Waals surface area contributed by atoms with Gasteiger partial charge in [-0.3, -0.25) is 0 Å². The van der Waals surface area contributed by atoms with Crippen molar-refractivity contribution < 1.29 is 18.8 Å². The summed E-state index contributed by atoms with van der Waals surface area (Å²) in [5.41, 5.74) is 0. The average molecular weight is 176 g/mol. The third-order valence-electron chi connectivity index (χ3n) is 1.28. The monoisotopic (exact) mass is 176 g/mol. The van der Waals surface area contributed by atoms with Crippen LogP contribution in [0.5, 0.6) is 0 Å². The van der Waals surface area contributed by atoms with Crippen molar-refractivity contribution >= 4 is 7.12 Å². The Labute approximate surface area is 74.3 Å². The second kappa shape index (κ2) is 9.00. The lowest BCUT2D eigenvalue weighted by Crippen LogP contribution is -2.22. The fourth-order valence-electron chi connectivity index (χ4n) is 0.643. The zero-order chi connectivity index (χ0) is 9.23. The van der Waals surface area contributed by atoms with Gasteiger partial charge in [0.2, 0.25) is 0 Å². The fourth-order valence-corrected chi connectivity index (χ4v) is 0.643. The van der Waals surface area contributed by atoms with Gasteiger partial charge in [-0.2, -0.15) is 0 Å². The zero-order valence-electron chi connectivity index (χ0n) is 8.04. The predicted molar refractivity (Wildman–Crippen MR) is 47.3 cm³/mol. The summed E-state index contributed by atoms with van der Waals surface area (Å²) < 4.78 is 20.1. The third kappa shape index (κ3) is 8.01. The van der Waals surface area contributed by atoms with Crippen LogP contribution in [0.15, 0.2) is 0 Å². The van der Waals surface area contributed by atoms with Crippen LogP contribution in [-0.2, 0) is 18.8 Å². The second-order valence-corrected chi connectivity index (χ2v) is 2.29. The first-order chi connectivity index (χ1) is 5.81. The van der Waals surface area contributed by atoms with Crippen molar-refractivity contribution in [3.8, 4) is 0 Å². The molecule has 0 aromatic heterocycles. The highest BCUT2D eigenvalue weighted by molar-refractivity contribution is 6.42. The molecule has 0 saturated carbocycles. The van der Waals surface area contributed by atoms with Crippen LogP contribution in [0.2, 0.25) is 6.82 Å². The lowest BCUT2D eigenvalue weighted by Gasteiger charge is -2.09. The Balaban J connectivity index is 3.04. The van der Waals surface area contributed by atoms with E-state index in [1.165, 1.54) is 0 Å². The van der Waals surface area contributed by atoms with Gasteiger partial charge in [0.25, 0.3) is 0 Å². The topological polar surface area (TPSA) is 36.9 Å². The van der Waals surface area contributed by atoms with Crippen molar-refractivity contribution in [1.29, 1.82) is 0 Å². The molecule has 0 amide bonds. The molecule has 0 atom stereocenters. The van der Waals surface area contributed by atoms with Gasteiger partial charge in [0.15, 0.2) is 0 Å². The van der Waals surface area contributed by atoms with Crippen molar-refractivity contribution in [3.63, 3.8) is 0 Å². The molecule has 0 rings (SSSR count). The summed E-state index contributed by atoms with van der Waals surface area (Å²) in [5, 5.41) is 0. The van der Waals surface area contributed by atoms with Crippen molar-refractivity contribution in [2.24, 2.45) is 0 Å². The molecule has 12 heavy (non-hydrogen) atoms. The molecule has 72 valence electrons. The molecule has 0 spiro atoms. The van der Waals surface area contributed by atoms with Gasteiger partial charge < -0.3 is 18.8 Å². The molecule has 4 nitrogen and oxygen atoms in total. The number of hydrogen-bond acceptors (Lipinski definition) is 4. The largest absolute Gasteiger partial charge is 0.453 e. The van der Waals surface area contributed by atoms with Gasteiger partial charge >= 0.3 is 7.12 Å². The molecule has 0 radical (unpaired) electrons. The first kappa shape index (κ1) is 11.9. The van der Waals surface area contributed by atoms with Crippen LogP contribution in [0.4, 0.5) is 0 Å². The number of hydrogen-bond donors (Lipinski definition) is 0.